The molecule has 2 rings (SSSR count). The number of carbonyl (C=O) groups is 2. The monoisotopic (exact) mass is 361 g/mol. The van der Waals surface area contributed by atoms with Crippen LogP contribution in [0.5, 0.6) is 0 Å². The molecular formula is C17H19N3O4S. The second kappa shape index (κ2) is 8.00. The van der Waals surface area contributed by atoms with Crippen LogP contribution in [0.1, 0.15) is 29.4 Å². The molecule has 25 heavy (non-hydrogen) atoms. The van der Waals surface area contributed by atoms with E-state index in [4.69, 9.17) is 0 Å². The Labute approximate surface area is 146 Å². The van der Waals surface area contributed by atoms with Crippen LogP contribution in [0.25, 0.3) is 0 Å². The number of nitrogens with zero attached hydrogens (tertiary/aromatic N) is 1. The summed E-state index contributed by atoms with van der Waals surface area (Å²) in [4.78, 5) is 27.3. The number of Topliss-reactive ketones (excluding diaryl/α,β-unsaturated/α-hetero) is 1. The summed E-state index contributed by atoms with van der Waals surface area (Å²) in [6.07, 6.45) is -0.0404. The smallest absolute Gasteiger partial charge is 0.240 e. The van der Waals surface area contributed by atoms with Crippen LogP contribution in [0.4, 0.5) is 5.82 Å². The van der Waals surface area contributed by atoms with Crippen LogP contribution in [0, 0.1) is 6.92 Å². The Kier molecular flexibility index (Phi) is 6.00. The van der Waals surface area contributed by atoms with Crippen molar-refractivity contribution < 1.29 is 18.0 Å². The summed E-state index contributed by atoms with van der Waals surface area (Å²) in [5.41, 5.74) is 1.08. The molecule has 1 aromatic carbocycles. The molecule has 0 saturated heterocycles. The maximum Gasteiger partial charge on any atom is 0.240 e. The zero-order valence-corrected chi connectivity index (χ0v) is 14.8. The van der Waals surface area contributed by atoms with Crippen molar-refractivity contribution in [2.24, 2.45) is 0 Å². The van der Waals surface area contributed by atoms with Gasteiger partial charge in [-0.05, 0) is 38.1 Å². The van der Waals surface area contributed by atoms with E-state index in [9.17, 15) is 18.0 Å². The number of nitrogens with one attached hydrogen (secondary N) is 2. The zero-order valence-electron chi connectivity index (χ0n) is 13.9. The van der Waals surface area contributed by atoms with Gasteiger partial charge in [0.2, 0.25) is 15.9 Å². The molecule has 8 heteroatoms. The van der Waals surface area contributed by atoms with Crippen molar-refractivity contribution in [1.82, 2.24) is 9.71 Å². The topological polar surface area (TPSA) is 105 Å². The first-order chi connectivity index (χ1) is 11.8. The number of pyridine rings is 1. The van der Waals surface area contributed by atoms with E-state index in [1.165, 1.54) is 25.1 Å². The largest absolute Gasteiger partial charge is 0.311 e. The first-order valence-corrected chi connectivity index (χ1v) is 9.10. The van der Waals surface area contributed by atoms with E-state index in [0.717, 1.165) is 5.69 Å². The van der Waals surface area contributed by atoms with E-state index >= 15 is 0 Å². The molecule has 1 aromatic heterocycles. The SMILES string of the molecule is CC(=O)c1cccc(S(=O)(=O)NCCC(=O)Nc2cccc(C)n2)c1. The van der Waals surface area contributed by atoms with E-state index in [0.29, 0.717) is 11.4 Å². The van der Waals surface area contributed by atoms with Gasteiger partial charge in [-0.2, -0.15) is 0 Å². The fourth-order valence-corrected chi connectivity index (χ4v) is 3.16. The lowest BCUT2D eigenvalue weighted by atomic mass is 10.2. The van der Waals surface area contributed by atoms with Crippen molar-refractivity contribution >= 4 is 27.5 Å². The number of hydrogen-bond donors (Lipinski definition) is 2. The predicted molar refractivity (Wildman–Crippen MR) is 93.9 cm³/mol. The zero-order chi connectivity index (χ0) is 18.4. The molecule has 0 aliphatic heterocycles. The third kappa shape index (κ3) is 5.47. The number of sulfonamides is 1. The van der Waals surface area contributed by atoms with Crippen LogP contribution in [0.15, 0.2) is 47.4 Å². The lowest BCUT2D eigenvalue weighted by molar-refractivity contribution is -0.116. The Morgan fingerprint density at radius 2 is 1.84 bits per heavy atom. The third-order valence-corrected chi connectivity index (χ3v) is 4.81. The molecule has 7 nitrogen and oxygen atoms in total. The molecule has 2 N–H and O–H groups in total. The summed E-state index contributed by atoms with van der Waals surface area (Å²) in [6, 6.07) is 11.0. The molecule has 0 bridgehead atoms. The Morgan fingerprint density at radius 1 is 1.12 bits per heavy atom. The maximum atomic E-state index is 12.2. The summed E-state index contributed by atoms with van der Waals surface area (Å²) < 4.78 is 26.8. The van der Waals surface area contributed by atoms with E-state index in [1.54, 1.807) is 31.2 Å². The fraction of sp³-hybridized carbons (Fsp3) is 0.235. The van der Waals surface area contributed by atoms with Gasteiger partial charge in [0.1, 0.15) is 5.82 Å². The van der Waals surface area contributed by atoms with Gasteiger partial charge in [-0.1, -0.05) is 18.2 Å². The van der Waals surface area contributed by atoms with E-state index < -0.39 is 10.0 Å². The molecule has 1 heterocycles. The average molecular weight is 361 g/mol. The van der Waals surface area contributed by atoms with E-state index in [1.807, 2.05) is 0 Å². The number of anilines is 1. The van der Waals surface area contributed by atoms with Crippen LogP contribution >= 0.6 is 0 Å². The Morgan fingerprint density at radius 3 is 2.52 bits per heavy atom. The van der Waals surface area contributed by atoms with Crippen molar-refractivity contribution in [3.05, 3.63) is 53.7 Å². The van der Waals surface area contributed by atoms with Gasteiger partial charge in [0, 0.05) is 24.2 Å². The van der Waals surface area contributed by atoms with Crippen molar-refractivity contribution in [2.75, 3.05) is 11.9 Å². The molecule has 0 unspecified atom stereocenters. The minimum Gasteiger partial charge on any atom is -0.311 e. The summed E-state index contributed by atoms with van der Waals surface area (Å²) in [5.74, 6) is -0.151. The number of benzene rings is 1. The van der Waals surface area contributed by atoms with Gasteiger partial charge in [0.25, 0.3) is 0 Å². The second-order valence-electron chi connectivity index (χ2n) is 5.44. The molecule has 0 spiro atoms. The molecule has 0 saturated carbocycles. The highest BCUT2D eigenvalue weighted by atomic mass is 32.2. The highest BCUT2D eigenvalue weighted by Crippen LogP contribution is 2.12. The second-order valence-corrected chi connectivity index (χ2v) is 7.21. The van der Waals surface area contributed by atoms with E-state index in [2.05, 4.69) is 15.0 Å². The lowest BCUT2D eigenvalue weighted by Crippen LogP contribution is -2.28. The minimum absolute atomic E-state index is 0.0130. The minimum atomic E-state index is -3.79. The summed E-state index contributed by atoms with van der Waals surface area (Å²) in [7, 11) is -3.79. The number of hydrogen-bond acceptors (Lipinski definition) is 5. The van der Waals surface area contributed by atoms with Crippen molar-refractivity contribution in [3.8, 4) is 0 Å². The predicted octanol–water partition coefficient (Wildman–Crippen LogP) is 1.90. The number of rotatable bonds is 7. The number of amides is 1. The van der Waals surface area contributed by atoms with E-state index in [-0.39, 0.29) is 29.6 Å². The molecule has 0 fully saturated rings. The standard InChI is InChI=1S/C17H19N3O4S/c1-12-5-3-8-16(19-12)20-17(22)9-10-18-25(23,24)15-7-4-6-14(11-15)13(2)21/h3-8,11,18H,9-10H2,1-2H3,(H,19,20,22). The van der Waals surface area contributed by atoms with Crippen molar-refractivity contribution in [3.63, 3.8) is 0 Å². The molecule has 0 radical (unpaired) electrons. The maximum absolute atomic E-state index is 12.2. The van der Waals surface area contributed by atoms with Gasteiger partial charge in [-0.25, -0.2) is 18.1 Å². The summed E-state index contributed by atoms with van der Waals surface area (Å²) >= 11 is 0. The molecule has 0 aliphatic rings. The molecule has 0 atom stereocenters. The van der Waals surface area contributed by atoms with Crippen LogP contribution in [0.3, 0.4) is 0 Å². The van der Waals surface area contributed by atoms with Gasteiger partial charge in [0.15, 0.2) is 5.78 Å². The third-order valence-electron chi connectivity index (χ3n) is 3.35. The highest BCUT2D eigenvalue weighted by Gasteiger charge is 2.15. The van der Waals surface area contributed by atoms with Gasteiger partial charge in [-0.15, -0.1) is 0 Å². The first-order valence-electron chi connectivity index (χ1n) is 7.62. The van der Waals surface area contributed by atoms with Gasteiger partial charge >= 0.3 is 0 Å². The van der Waals surface area contributed by atoms with Gasteiger partial charge in [0.05, 0.1) is 4.90 Å². The van der Waals surface area contributed by atoms with Crippen LogP contribution in [-0.4, -0.2) is 31.6 Å². The molecule has 132 valence electrons. The first kappa shape index (κ1) is 18.8. The van der Waals surface area contributed by atoms with Gasteiger partial charge < -0.3 is 5.32 Å². The Bertz CT molecular complexity index is 894. The van der Waals surface area contributed by atoms with Crippen molar-refractivity contribution in [1.29, 1.82) is 0 Å². The summed E-state index contributed by atoms with van der Waals surface area (Å²) in [6.45, 7) is 3.10. The Hall–Kier alpha value is -2.58. The lowest BCUT2D eigenvalue weighted by Gasteiger charge is -2.08. The average Bonchev–Trinajstić information content (AvgIpc) is 2.54. The molecule has 1 amide bonds. The van der Waals surface area contributed by atoms with Crippen LogP contribution < -0.4 is 10.0 Å². The number of aryl methyl sites for hydroxylation is 1. The number of ketones is 1. The quantitative estimate of drug-likeness (QED) is 0.733. The highest BCUT2D eigenvalue weighted by molar-refractivity contribution is 7.89. The normalized spacial score (nSPS) is 11.1. The van der Waals surface area contributed by atoms with Crippen molar-refractivity contribution in [2.45, 2.75) is 25.2 Å². The number of carbonyl (C=O) groups excluding carboxylic acids is 2. The fourth-order valence-electron chi connectivity index (χ4n) is 2.08. The molecule has 2 aromatic rings. The molecular weight excluding hydrogens is 342 g/mol. The number of aromatic nitrogens is 1. The van der Waals surface area contributed by atoms with Gasteiger partial charge in [-0.3, -0.25) is 9.59 Å². The Balaban J connectivity index is 1.93. The summed E-state index contributed by atoms with van der Waals surface area (Å²) in [5, 5.41) is 2.60. The van der Waals surface area contributed by atoms with Crippen LogP contribution in [0.2, 0.25) is 0 Å². The molecule has 0 aliphatic carbocycles. The van der Waals surface area contributed by atoms with Crippen LogP contribution in [-0.2, 0) is 14.8 Å².